The molecule has 0 amide bonds. The number of methoxy groups -OCH3 is 3. The fourth-order valence-corrected chi connectivity index (χ4v) is 3.31. The molecule has 0 heterocycles. The molecule has 3 rings (SSSR count). The molecule has 5 nitrogen and oxygen atoms in total. The molecule has 0 unspecified atom stereocenters. The van der Waals surface area contributed by atoms with E-state index in [2.05, 4.69) is 27.8 Å². The van der Waals surface area contributed by atoms with Gasteiger partial charge in [-0.1, -0.05) is 27.8 Å². The Hall–Kier alpha value is -3.56. The maximum Gasteiger partial charge on any atom is 0.233 e. The van der Waals surface area contributed by atoms with Crippen LogP contribution in [0.15, 0.2) is 65.1 Å². The first-order chi connectivity index (χ1) is 14.9. The van der Waals surface area contributed by atoms with Gasteiger partial charge in [0.1, 0.15) is 17.2 Å². The highest BCUT2D eigenvalue weighted by molar-refractivity contribution is 9.10. The van der Waals surface area contributed by atoms with Crippen molar-refractivity contribution in [2.24, 2.45) is 0 Å². The van der Waals surface area contributed by atoms with Crippen molar-refractivity contribution in [1.29, 1.82) is 0 Å². The first kappa shape index (κ1) is 22.1. The zero-order chi connectivity index (χ0) is 22.4. The third-order valence-corrected chi connectivity index (χ3v) is 4.88. The quantitative estimate of drug-likeness (QED) is 0.285. The third kappa shape index (κ3) is 5.53. The first-order valence-electron chi connectivity index (χ1n) is 9.22. The molecule has 0 aromatic heterocycles. The Morgan fingerprint density at radius 2 is 1.16 bits per heavy atom. The standard InChI is InChI=1S/C25H19BrO5/c1-29-21-8-6-16(7-9-21)4-5-17-10-18(12-20(26)11-17)24(27)25(28)19-13-22(30-2)15-23(14-19)31-3/h6-15H,1-3H3. The van der Waals surface area contributed by atoms with Gasteiger partial charge in [0.2, 0.25) is 11.6 Å². The van der Waals surface area contributed by atoms with E-state index >= 15 is 0 Å². The van der Waals surface area contributed by atoms with Gasteiger partial charge in [0.05, 0.1) is 21.3 Å². The molecule has 0 spiro atoms. The van der Waals surface area contributed by atoms with Gasteiger partial charge in [0, 0.05) is 32.8 Å². The van der Waals surface area contributed by atoms with Crippen LogP contribution in [0.5, 0.6) is 17.2 Å². The van der Waals surface area contributed by atoms with Crippen molar-refractivity contribution >= 4 is 27.5 Å². The summed E-state index contributed by atoms with van der Waals surface area (Å²) in [6.45, 7) is 0. The minimum Gasteiger partial charge on any atom is -0.497 e. The van der Waals surface area contributed by atoms with E-state index in [1.165, 1.54) is 26.4 Å². The molecule has 0 saturated heterocycles. The van der Waals surface area contributed by atoms with Crippen LogP contribution < -0.4 is 14.2 Å². The van der Waals surface area contributed by atoms with E-state index in [-0.39, 0.29) is 11.1 Å². The van der Waals surface area contributed by atoms with E-state index in [0.29, 0.717) is 21.5 Å². The van der Waals surface area contributed by atoms with Crippen LogP contribution in [0.4, 0.5) is 0 Å². The van der Waals surface area contributed by atoms with Crippen LogP contribution in [0.25, 0.3) is 0 Å². The van der Waals surface area contributed by atoms with Gasteiger partial charge in [-0.3, -0.25) is 9.59 Å². The summed E-state index contributed by atoms with van der Waals surface area (Å²) in [7, 11) is 4.56. The molecule has 31 heavy (non-hydrogen) atoms. The molecule has 0 radical (unpaired) electrons. The van der Waals surface area contributed by atoms with E-state index in [9.17, 15) is 9.59 Å². The van der Waals surface area contributed by atoms with Crippen LogP contribution in [0.2, 0.25) is 0 Å². The highest BCUT2D eigenvalue weighted by Crippen LogP contribution is 2.24. The average molecular weight is 479 g/mol. The van der Waals surface area contributed by atoms with Gasteiger partial charge < -0.3 is 14.2 Å². The Morgan fingerprint density at radius 3 is 1.71 bits per heavy atom. The highest BCUT2D eigenvalue weighted by Gasteiger charge is 2.21. The predicted molar refractivity (Wildman–Crippen MR) is 121 cm³/mol. The topological polar surface area (TPSA) is 61.8 Å². The minimum atomic E-state index is -0.663. The lowest BCUT2D eigenvalue weighted by molar-refractivity contribution is 0.0816. The lowest BCUT2D eigenvalue weighted by atomic mass is 9.99. The second kappa shape index (κ2) is 9.96. The molecule has 3 aromatic rings. The molecule has 0 bridgehead atoms. The van der Waals surface area contributed by atoms with Crippen LogP contribution in [-0.2, 0) is 0 Å². The zero-order valence-electron chi connectivity index (χ0n) is 17.2. The smallest absolute Gasteiger partial charge is 0.233 e. The Kier molecular flexibility index (Phi) is 7.11. The molecule has 0 N–H and O–H groups in total. The van der Waals surface area contributed by atoms with E-state index in [1.807, 2.05) is 24.3 Å². The number of hydrogen-bond donors (Lipinski definition) is 0. The summed E-state index contributed by atoms with van der Waals surface area (Å²) >= 11 is 3.39. The fourth-order valence-electron chi connectivity index (χ4n) is 2.81. The van der Waals surface area contributed by atoms with Crippen molar-refractivity contribution in [2.75, 3.05) is 21.3 Å². The van der Waals surface area contributed by atoms with Crippen LogP contribution in [-0.4, -0.2) is 32.9 Å². The molecule has 3 aromatic carbocycles. The van der Waals surface area contributed by atoms with E-state index < -0.39 is 11.6 Å². The molecule has 156 valence electrons. The summed E-state index contributed by atoms with van der Waals surface area (Å²) in [4.78, 5) is 25.7. The molecule has 0 aliphatic rings. The molecular formula is C25H19BrO5. The van der Waals surface area contributed by atoms with Crippen molar-refractivity contribution < 1.29 is 23.8 Å². The van der Waals surface area contributed by atoms with Crippen LogP contribution >= 0.6 is 15.9 Å². The molecule has 0 fully saturated rings. The van der Waals surface area contributed by atoms with Gasteiger partial charge in [-0.15, -0.1) is 0 Å². The number of benzene rings is 3. The fraction of sp³-hybridized carbons (Fsp3) is 0.120. The van der Waals surface area contributed by atoms with Crippen molar-refractivity contribution in [1.82, 2.24) is 0 Å². The SMILES string of the molecule is COc1ccc(C#Cc2cc(Br)cc(C(=O)C(=O)c3cc(OC)cc(OC)c3)c2)cc1. The Morgan fingerprint density at radius 1 is 0.645 bits per heavy atom. The average Bonchev–Trinajstić information content (AvgIpc) is 2.81. The predicted octanol–water partition coefficient (Wildman–Crippen LogP) is 4.94. The molecule has 0 saturated carbocycles. The monoisotopic (exact) mass is 478 g/mol. The Labute approximate surface area is 189 Å². The van der Waals surface area contributed by atoms with E-state index in [4.69, 9.17) is 14.2 Å². The van der Waals surface area contributed by atoms with Crippen molar-refractivity contribution in [3.05, 3.63) is 87.4 Å². The number of carbonyl (C=O) groups is 2. The second-order valence-electron chi connectivity index (χ2n) is 6.47. The van der Waals surface area contributed by atoms with E-state index in [0.717, 1.165) is 11.3 Å². The van der Waals surface area contributed by atoms with Gasteiger partial charge in [-0.05, 0) is 54.6 Å². The molecule has 0 aliphatic carbocycles. The number of ketones is 2. The summed E-state index contributed by atoms with van der Waals surface area (Å²) < 4.78 is 16.1. The molecule has 0 atom stereocenters. The number of halogens is 1. The number of rotatable bonds is 6. The Balaban J connectivity index is 1.90. The third-order valence-electron chi connectivity index (χ3n) is 4.42. The molecular weight excluding hydrogens is 460 g/mol. The van der Waals surface area contributed by atoms with Crippen molar-refractivity contribution in [3.8, 4) is 29.1 Å². The second-order valence-corrected chi connectivity index (χ2v) is 7.38. The summed E-state index contributed by atoms with van der Waals surface area (Å²) in [6, 6.07) is 16.9. The number of carbonyl (C=O) groups excluding carboxylic acids is 2. The molecule has 6 heteroatoms. The zero-order valence-corrected chi connectivity index (χ0v) is 18.8. The highest BCUT2D eigenvalue weighted by atomic mass is 79.9. The lowest BCUT2D eigenvalue weighted by Gasteiger charge is -2.08. The maximum absolute atomic E-state index is 12.9. The normalized spacial score (nSPS) is 9.94. The maximum atomic E-state index is 12.9. The lowest BCUT2D eigenvalue weighted by Crippen LogP contribution is -2.15. The van der Waals surface area contributed by atoms with Gasteiger partial charge in [0.25, 0.3) is 0 Å². The summed E-state index contributed by atoms with van der Waals surface area (Å²) in [5, 5.41) is 0. The van der Waals surface area contributed by atoms with Crippen LogP contribution in [0.3, 0.4) is 0 Å². The summed E-state index contributed by atoms with van der Waals surface area (Å²) in [5.74, 6) is 6.35. The number of ether oxygens (including phenoxy) is 3. The van der Waals surface area contributed by atoms with Gasteiger partial charge >= 0.3 is 0 Å². The number of Topliss-reactive ketones (excluding diaryl/α,β-unsaturated/α-hetero) is 2. The molecule has 0 aliphatic heterocycles. The minimum absolute atomic E-state index is 0.187. The Bertz CT molecular complexity index is 1160. The van der Waals surface area contributed by atoms with Crippen LogP contribution in [0.1, 0.15) is 31.8 Å². The van der Waals surface area contributed by atoms with Crippen molar-refractivity contribution in [2.45, 2.75) is 0 Å². The van der Waals surface area contributed by atoms with Crippen LogP contribution in [0, 0.1) is 11.8 Å². The van der Waals surface area contributed by atoms with Crippen molar-refractivity contribution in [3.63, 3.8) is 0 Å². The summed E-state index contributed by atoms with van der Waals surface area (Å²) in [6.07, 6.45) is 0. The summed E-state index contributed by atoms with van der Waals surface area (Å²) in [5.41, 5.74) is 1.82. The first-order valence-corrected chi connectivity index (χ1v) is 10.0. The van der Waals surface area contributed by atoms with E-state index in [1.54, 1.807) is 31.4 Å². The van der Waals surface area contributed by atoms with Gasteiger partial charge in [0.15, 0.2) is 0 Å². The largest absolute Gasteiger partial charge is 0.497 e. The number of hydrogen-bond acceptors (Lipinski definition) is 5. The van der Waals surface area contributed by atoms with Gasteiger partial charge in [-0.2, -0.15) is 0 Å². The van der Waals surface area contributed by atoms with Gasteiger partial charge in [-0.25, -0.2) is 0 Å².